The van der Waals surface area contributed by atoms with Gasteiger partial charge >= 0.3 is 0 Å². The molecule has 0 N–H and O–H groups in total. The summed E-state index contributed by atoms with van der Waals surface area (Å²) in [6, 6.07) is 109. The van der Waals surface area contributed by atoms with E-state index in [2.05, 4.69) is 300 Å². The summed E-state index contributed by atoms with van der Waals surface area (Å²) in [5.41, 5.74) is 7.03. The highest BCUT2D eigenvalue weighted by Gasteiger charge is 2.44. The van der Waals surface area contributed by atoms with Crippen LogP contribution < -0.4 is 41.5 Å². The van der Waals surface area contributed by atoms with Gasteiger partial charge in [-0.15, -0.1) is 0 Å². The molecule has 70 heavy (non-hydrogen) atoms. The summed E-state index contributed by atoms with van der Waals surface area (Å²) in [6.07, 6.45) is 0. The maximum Gasteiger partial charge on any atom is 0.180 e. The van der Waals surface area contributed by atoms with Crippen LogP contribution in [0.3, 0.4) is 0 Å². The lowest BCUT2D eigenvalue weighted by atomic mass is 10.1. The molecule has 0 amide bonds. The number of hydrogen-bond acceptors (Lipinski definition) is 0. The molecule has 0 atom stereocenters. The number of nitrogens with zero attached hydrogens (tertiary/aromatic N) is 2. The quantitative estimate of drug-likeness (QED) is 0.0956. The molecule has 0 saturated carbocycles. The molecule has 0 bridgehead atoms. The van der Waals surface area contributed by atoms with Gasteiger partial charge in [0.25, 0.3) is 0 Å². The largest absolute Gasteiger partial charge is 0.309 e. The summed E-state index contributed by atoms with van der Waals surface area (Å²) in [4.78, 5) is 0. The van der Waals surface area contributed by atoms with E-state index in [0.29, 0.717) is 0 Å². The lowest BCUT2D eigenvalue weighted by Gasteiger charge is -2.35. The van der Waals surface area contributed by atoms with Gasteiger partial charge < -0.3 is 9.13 Å². The Morgan fingerprint density at radius 3 is 1.09 bits per heavy atom. The highest BCUT2D eigenvalue weighted by atomic mass is 28.3. The molecule has 2 heterocycles. The lowest BCUT2D eigenvalue weighted by Crippen LogP contribution is -2.74. The van der Waals surface area contributed by atoms with E-state index >= 15 is 0 Å². The van der Waals surface area contributed by atoms with Crippen molar-refractivity contribution in [3.63, 3.8) is 0 Å². The standard InChI is InChI=1S/C66H48N2Si2/c1-7-26-51(27-8-1)69(52-28-9-2-10-29-52,53-30-11-3-12-31-53)57-38-23-25-49(47-57)68-61-41-21-19-39-58(61)59-46-45-50(48-64(59)68)67-62-42-22-20-40-60(62)66-63(67)43-24-44-65(66)70(54-32-13-4-14-33-54,55-34-15-5-16-35-55)56-36-17-6-18-37-56/h1-48H. The number of benzene rings is 11. The number of hydrogen-bond donors (Lipinski definition) is 0. The topological polar surface area (TPSA) is 9.86 Å². The summed E-state index contributed by atoms with van der Waals surface area (Å²) in [5, 5.41) is 15.9. The first-order valence-corrected chi connectivity index (χ1v) is 28.3. The summed E-state index contributed by atoms with van der Waals surface area (Å²) < 4.78 is 5.03. The van der Waals surface area contributed by atoms with Crippen molar-refractivity contribution in [3.8, 4) is 11.4 Å². The third-order valence-electron chi connectivity index (χ3n) is 14.8. The van der Waals surface area contributed by atoms with E-state index in [1.165, 1.54) is 85.1 Å². The van der Waals surface area contributed by atoms with E-state index in [0.717, 1.165) is 11.4 Å². The predicted octanol–water partition coefficient (Wildman–Crippen LogP) is 10.6. The molecule has 0 radical (unpaired) electrons. The minimum Gasteiger partial charge on any atom is -0.309 e. The van der Waals surface area contributed by atoms with E-state index < -0.39 is 16.1 Å². The van der Waals surface area contributed by atoms with E-state index in [4.69, 9.17) is 0 Å². The molecular formula is C66H48N2Si2. The van der Waals surface area contributed by atoms with Gasteiger partial charge in [0.2, 0.25) is 0 Å². The van der Waals surface area contributed by atoms with Crippen molar-refractivity contribution in [1.29, 1.82) is 0 Å². The molecule has 0 aliphatic heterocycles. The van der Waals surface area contributed by atoms with Crippen molar-refractivity contribution in [2.24, 2.45) is 0 Å². The van der Waals surface area contributed by atoms with Crippen molar-refractivity contribution in [1.82, 2.24) is 9.13 Å². The van der Waals surface area contributed by atoms with Crippen molar-refractivity contribution in [2.75, 3.05) is 0 Å². The third kappa shape index (κ3) is 6.38. The van der Waals surface area contributed by atoms with Gasteiger partial charge in [-0.25, -0.2) is 0 Å². The monoisotopic (exact) mass is 924 g/mol. The average molecular weight is 925 g/mol. The van der Waals surface area contributed by atoms with Crippen LogP contribution in [0.5, 0.6) is 0 Å². The Hall–Kier alpha value is -8.55. The Balaban J connectivity index is 1.08. The zero-order chi connectivity index (χ0) is 46.5. The van der Waals surface area contributed by atoms with Crippen molar-refractivity contribution in [3.05, 3.63) is 291 Å². The van der Waals surface area contributed by atoms with Crippen LogP contribution in [0.1, 0.15) is 0 Å². The van der Waals surface area contributed by atoms with Gasteiger partial charge in [0.1, 0.15) is 0 Å². The molecule has 0 unspecified atom stereocenters. The van der Waals surface area contributed by atoms with Crippen LogP contribution in [-0.4, -0.2) is 25.3 Å². The molecule has 4 heteroatoms. The zero-order valence-corrected chi connectivity index (χ0v) is 40.6. The predicted molar refractivity (Wildman–Crippen MR) is 302 cm³/mol. The van der Waals surface area contributed by atoms with Gasteiger partial charge in [-0.05, 0) is 84.0 Å². The van der Waals surface area contributed by atoms with Gasteiger partial charge in [-0.3, -0.25) is 0 Å². The summed E-state index contributed by atoms with van der Waals surface area (Å²) in [6.45, 7) is 0. The first kappa shape index (κ1) is 41.6. The van der Waals surface area contributed by atoms with Gasteiger partial charge in [-0.2, -0.15) is 0 Å². The molecule has 13 aromatic rings. The summed E-state index contributed by atoms with van der Waals surface area (Å²) in [5.74, 6) is 0. The fourth-order valence-electron chi connectivity index (χ4n) is 12.0. The second-order valence-corrected chi connectivity index (χ2v) is 25.9. The van der Waals surface area contributed by atoms with Crippen LogP contribution in [-0.2, 0) is 0 Å². The molecular weight excluding hydrogens is 877 g/mol. The molecule has 0 spiro atoms. The smallest absolute Gasteiger partial charge is 0.180 e. The van der Waals surface area contributed by atoms with E-state index in [1.54, 1.807) is 0 Å². The van der Waals surface area contributed by atoms with E-state index in [-0.39, 0.29) is 0 Å². The Kier molecular flexibility index (Phi) is 10.2. The fourth-order valence-corrected chi connectivity index (χ4v) is 21.7. The maximum absolute atomic E-state index is 2.90. The normalized spacial score (nSPS) is 12.0. The van der Waals surface area contributed by atoms with Crippen LogP contribution in [0.15, 0.2) is 291 Å². The summed E-state index contributed by atoms with van der Waals surface area (Å²) in [7, 11) is -5.70. The molecule has 2 nitrogen and oxygen atoms in total. The van der Waals surface area contributed by atoms with Crippen LogP contribution in [0, 0.1) is 0 Å². The number of aromatic nitrogens is 2. The fraction of sp³-hybridized carbons (Fsp3) is 0. The molecule has 0 aliphatic carbocycles. The maximum atomic E-state index is 2.52. The first-order chi connectivity index (χ1) is 34.8. The minimum absolute atomic E-state index is 1.13. The van der Waals surface area contributed by atoms with E-state index in [1.807, 2.05) is 0 Å². The molecule has 13 rings (SSSR count). The Bertz CT molecular complexity index is 3790. The van der Waals surface area contributed by atoms with Crippen LogP contribution in [0.4, 0.5) is 0 Å². The Morgan fingerprint density at radius 1 is 0.214 bits per heavy atom. The molecule has 0 fully saturated rings. The summed E-state index contributed by atoms with van der Waals surface area (Å²) >= 11 is 0. The molecule has 330 valence electrons. The lowest BCUT2D eigenvalue weighted by molar-refractivity contribution is 1.16. The van der Waals surface area contributed by atoms with Gasteiger partial charge in [-0.1, -0.05) is 249 Å². The van der Waals surface area contributed by atoms with Gasteiger partial charge in [0.15, 0.2) is 16.1 Å². The zero-order valence-electron chi connectivity index (χ0n) is 38.6. The van der Waals surface area contributed by atoms with Crippen LogP contribution in [0.2, 0.25) is 0 Å². The highest BCUT2D eigenvalue weighted by Crippen LogP contribution is 2.37. The third-order valence-corrected chi connectivity index (χ3v) is 24.4. The first-order valence-electron chi connectivity index (χ1n) is 24.3. The van der Waals surface area contributed by atoms with Gasteiger partial charge in [0, 0.05) is 32.9 Å². The second-order valence-electron chi connectivity index (χ2n) is 18.4. The number of para-hydroxylation sites is 2. The van der Waals surface area contributed by atoms with Gasteiger partial charge in [0.05, 0.1) is 22.1 Å². The Morgan fingerprint density at radius 2 is 0.571 bits per heavy atom. The van der Waals surface area contributed by atoms with Crippen molar-refractivity contribution < 1.29 is 0 Å². The molecule has 0 aliphatic rings. The Labute approximate surface area is 410 Å². The molecule has 2 aromatic heterocycles. The van der Waals surface area contributed by atoms with Crippen molar-refractivity contribution >= 4 is 101 Å². The number of rotatable bonds is 10. The van der Waals surface area contributed by atoms with E-state index in [9.17, 15) is 0 Å². The number of fused-ring (bicyclic) bond motifs is 6. The SMILES string of the molecule is c1ccc([Si](c2ccccc2)(c2ccccc2)c2cccc(-n3c4ccccc4c4ccc(-n5c6ccccc6c6c([Si](c7ccccc7)(c7ccccc7)c7ccccc7)cccc65)cc43)c2)cc1. The minimum atomic E-state index is -2.90. The molecule has 0 saturated heterocycles. The molecule has 11 aromatic carbocycles. The van der Waals surface area contributed by atoms with Crippen molar-refractivity contribution in [2.45, 2.75) is 0 Å². The van der Waals surface area contributed by atoms with Crippen LogP contribution in [0.25, 0.3) is 55.0 Å². The average Bonchev–Trinajstić information content (AvgIpc) is 3.96. The van der Waals surface area contributed by atoms with Crippen LogP contribution >= 0.6 is 0 Å². The highest BCUT2D eigenvalue weighted by molar-refractivity contribution is 7.21. The second kappa shape index (κ2) is 17.2.